The molecule has 0 spiro atoms. The Balaban J connectivity index is 2.57. The predicted octanol–water partition coefficient (Wildman–Crippen LogP) is 1.95. The van der Waals surface area contributed by atoms with Crippen molar-refractivity contribution in [3.8, 4) is 0 Å². The molecule has 4 N–H and O–H groups in total. The molecule has 0 aromatic carbocycles. The number of thioether (sulfide) groups is 2. The molecule has 1 aliphatic heterocycles. The van der Waals surface area contributed by atoms with Crippen LogP contribution in [0.4, 0.5) is 0 Å². The van der Waals surface area contributed by atoms with E-state index in [0.717, 1.165) is 6.29 Å². The molecule has 1 saturated heterocycles. The first-order valence-electron chi connectivity index (χ1n) is 9.73. The minimum atomic E-state index is -0.643. The van der Waals surface area contributed by atoms with Crippen LogP contribution < -0.4 is 11.5 Å². The highest BCUT2D eigenvalue weighted by Gasteiger charge is 2.37. The maximum atomic E-state index is 12.1. The lowest BCUT2D eigenvalue weighted by Gasteiger charge is -2.20. The van der Waals surface area contributed by atoms with Crippen molar-refractivity contribution in [2.75, 3.05) is 13.2 Å². The van der Waals surface area contributed by atoms with E-state index in [1.807, 2.05) is 27.7 Å². The highest BCUT2D eigenvalue weighted by atomic mass is 32.2. The van der Waals surface area contributed by atoms with E-state index in [4.69, 9.17) is 20.9 Å². The molecule has 1 heterocycles. The Kier molecular flexibility index (Phi) is 11.5. The Bertz CT molecular complexity index is 479. The number of hydrogen-bond donors (Lipinski definition) is 2. The Morgan fingerprint density at radius 3 is 1.61 bits per heavy atom. The van der Waals surface area contributed by atoms with Gasteiger partial charge in [-0.2, -0.15) is 0 Å². The lowest BCUT2D eigenvalue weighted by molar-refractivity contribution is -0.147. The molecule has 0 bridgehead atoms. The van der Waals surface area contributed by atoms with E-state index >= 15 is 0 Å². The Labute approximate surface area is 176 Å². The van der Waals surface area contributed by atoms with Gasteiger partial charge in [-0.05, 0) is 24.7 Å². The molecule has 7 nitrogen and oxygen atoms in total. The van der Waals surface area contributed by atoms with Crippen LogP contribution in [0, 0.1) is 11.8 Å². The van der Waals surface area contributed by atoms with Gasteiger partial charge in [-0.3, -0.25) is 9.59 Å². The highest BCUT2D eigenvalue weighted by Crippen LogP contribution is 2.45. The average Bonchev–Trinajstić information content (AvgIpc) is 2.98. The van der Waals surface area contributed by atoms with Crippen molar-refractivity contribution < 1.29 is 23.9 Å². The first-order valence-corrected chi connectivity index (χ1v) is 11.6. The van der Waals surface area contributed by atoms with Crippen LogP contribution in [-0.4, -0.2) is 58.6 Å². The Morgan fingerprint density at radius 2 is 1.29 bits per heavy atom. The van der Waals surface area contributed by atoms with Crippen LogP contribution in [0.5, 0.6) is 0 Å². The Hall–Kier alpha value is -0.770. The molecular formula is C19H34N2O5S2. The SMILES string of the molecule is CC(C)C[C@H](N)C(=O)OC[C@@H]1SC(CC=O)S[C@@H]1COC(=O)[C@@H](N)CC(C)C. The molecule has 1 aliphatic rings. The number of esters is 2. The van der Waals surface area contributed by atoms with Crippen molar-refractivity contribution in [3.63, 3.8) is 0 Å². The van der Waals surface area contributed by atoms with E-state index in [0.29, 0.717) is 31.1 Å². The zero-order valence-corrected chi connectivity index (χ0v) is 18.8. The number of aldehydes is 1. The summed E-state index contributed by atoms with van der Waals surface area (Å²) in [6, 6.07) is -1.29. The monoisotopic (exact) mass is 434 g/mol. The molecule has 5 atom stereocenters. The van der Waals surface area contributed by atoms with Gasteiger partial charge in [0.25, 0.3) is 0 Å². The summed E-state index contributed by atoms with van der Waals surface area (Å²) in [5, 5.41) is -0.140. The molecule has 0 saturated carbocycles. The molecule has 9 heteroatoms. The van der Waals surface area contributed by atoms with Crippen LogP contribution in [0.15, 0.2) is 0 Å². The normalized spacial score (nSPS) is 24.2. The van der Waals surface area contributed by atoms with Gasteiger partial charge in [-0.15, -0.1) is 23.5 Å². The van der Waals surface area contributed by atoms with Crippen molar-refractivity contribution >= 4 is 41.7 Å². The van der Waals surface area contributed by atoms with Gasteiger partial charge in [0.05, 0.1) is 15.1 Å². The van der Waals surface area contributed by atoms with E-state index in [1.54, 1.807) is 23.5 Å². The Morgan fingerprint density at radius 1 is 0.893 bits per heavy atom. The van der Waals surface area contributed by atoms with Gasteiger partial charge in [0.1, 0.15) is 31.6 Å². The van der Waals surface area contributed by atoms with Gasteiger partial charge in [-0.25, -0.2) is 0 Å². The van der Waals surface area contributed by atoms with Gasteiger partial charge < -0.3 is 25.7 Å². The second-order valence-corrected chi connectivity index (χ2v) is 11.1. The van der Waals surface area contributed by atoms with Crippen molar-refractivity contribution in [1.82, 2.24) is 0 Å². The topological polar surface area (TPSA) is 122 Å². The largest absolute Gasteiger partial charge is 0.463 e. The van der Waals surface area contributed by atoms with Gasteiger partial charge in [0, 0.05) is 6.42 Å². The smallest absolute Gasteiger partial charge is 0.322 e. The van der Waals surface area contributed by atoms with Gasteiger partial charge in [-0.1, -0.05) is 27.7 Å². The summed E-state index contributed by atoms with van der Waals surface area (Å²) in [4.78, 5) is 35.0. The summed E-state index contributed by atoms with van der Waals surface area (Å²) in [7, 11) is 0. The zero-order chi connectivity index (χ0) is 21.3. The number of rotatable bonds is 12. The molecule has 1 fully saturated rings. The van der Waals surface area contributed by atoms with Gasteiger partial charge in [0.15, 0.2) is 0 Å². The lowest BCUT2D eigenvalue weighted by atomic mass is 10.1. The molecule has 1 unspecified atom stereocenters. The molecule has 0 amide bonds. The van der Waals surface area contributed by atoms with E-state index < -0.39 is 24.0 Å². The number of hydrogen-bond acceptors (Lipinski definition) is 9. The standard InChI is InChI=1S/C19H34N2O5S2/c1-11(2)7-13(20)18(23)25-9-15-16(28-17(27-15)5-6-22)10-26-19(24)14(21)8-12(3)4/h6,11-17H,5,7-10,20-21H2,1-4H3/t13-,14-,15-,16+,17?/m0/s1. The first-order chi connectivity index (χ1) is 13.1. The summed E-state index contributed by atoms with van der Waals surface area (Å²) in [5.41, 5.74) is 11.7. The first kappa shape index (κ1) is 25.3. The number of carbonyl (C=O) groups is 3. The lowest BCUT2D eigenvalue weighted by Crippen LogP contribution is -2.38. The third kappa shape index (κ3) is 9.15. The average molecular weight is 435 g/mol. The fourth-order valence-corrected chi connectivity index (χ4v) is 6.29. The number of nitrogens with two attached hydrogens (primary N) is 2. The number of ether oxygens (including phenoxy) is 2. The third-order valence-corrected chi connectivity index (χ3v) is 7.65. The molecule has 0 radical (unpaired) electrons. The van der Waals surface area contributed by atoms with E-state index in [1.165, 1.54) is 0 Å². The van der Waals surface area contributed by atoms with E-state index in [-0.39, 0.29) is 28.3 Å². The van der Waals surface area contributed by atoms with Crippen LogP contribution in [0.1, 0.15) is 47.0 Å². The molecular weight excluding hydrogens is 400 g/mol. The summed E-state index contributed by atoms with van der Waals surface area (Å²) < 4.78 is 10.9. The minimum Gasteiger partial charge on any atom is -0.463 e. The minimum absolute atomic E-state index is 0.0542. The maximum Gasteiger partial charge on any atom is 0.322 e. The summed E-state index contributed by atoms with van der Waals surface area (Å²) >= 11 is 3.15. The van der Waals surface area contributed by atoms with Crippen LogP contribution >= 0.6 is 23.5 Å². The summed E-state index contributed by atoms with van der Waals surface area (Å²) in [5.74, 6) is -0.239. The van der Waals surface area contributed by atoms with Crippen molar-refractivity contribution in [2.45, 2.75) is 74.1 Å². The van der Waals surface area contributed by atoms with Crippen LogP contribution in [0.2, 0.25) is 0 Å². The van der Waals surface area contributed by atoms with Gasteiger partial charge in [0.2, 0.25) is 0 Å². The second-order valence-electron chi connectivity index (χ2n) is 7.91. The third-order valence-electron chi connectivity index (χ3n) is 4.19. The van der Waals surface area contributed by atoms with Gasteiger partial charge >= 0.3 is 11.9 Å². The summed E-state index contributed by atoms with van der Waals surface area (Å²) in [6.45, 7) is 8.34. The molecule has 162 valence electrons. The van der Waals surface area contributed by atoms with E-state index in [9.17, 15) is 14.4 Å². The van der Waals surface area contributed by atoms with E-state index in [2.05, 4.69) is 0 Å². The predicted molar refractivity (Wildman–Crippen MR) is 114 cm³/mol. The van der Waals surface area contributed by atoms with Crippen LogP contribution in [0.25, 0.3) is 0 Å². The van der Waals surface area contributed by atoms with Crippen LogP contribution in [0.3, 0.4) is 0 Å². The fourth-order valence-electron chi connectivity index (χ4n) is 2.83. The summed E-state index contributed by atoms with van der Waals surface area (Å²) in [6.07, 6.45) is 2.39. The van der Waals surface area contributed by atoms with Crippen molar-refractivity contribution in [1.29, 1.82) is 0 Å². The molecule has 0 aromatic heterocycles. The number of carbonyl (C=O) groups excluding carboxylic acids is 3. The van der Waals surface area contributed by atoms with Crippen molar-refractivity contribution in [2.24, 2.45) is 23.3 Å². The molecule has 1 rings (SSSR count). The van der Waals surface area contributed by atoms with Crippen molar-refractivity contribution in [3.05, 3.63) is 0 Å². The second kappa shape index (κ2) is 12.7. The highest BCUT2D eigenvalue weighted by molar-refractivity contribution is 8.20. The quantitative estimate of drug-likeness (QED) is 0.350. The zero-order valence-electron chi connectivity index (χ0n) is 17.2. The molecule has 0 aliphatic carbocycles. The maximum absolute atomic E-state index is 12.1. The van der Waals surface area contributed by atoms with Crippen LogP contribution in [-0.2, 0) is 23.9 Å². The molecule has 28 heavy (non-hydrogen) atoms. The molecule has 0 aromatic rings. The fraction of sp³-hybridized carbons (Fsp3) is 0.842.